The Kier molecular flexibility index (Phi) is 5.30. The second kappa shape index (κ2) is 7.19. The van der Waals surface area contributed by atoms with E-state index in [2.05, 4.69) is 15.3 Å². The van der Waals surface area contributed by atoms with E-state index in [1.807, 2.05) is 18.9 Å². The summed E-state index contributed by atoms with van der Waals surface area (Å²) < 4.78 is 0. The van der Waals surface area contributed by atoms with Crippen molar-refractivity contribution in [2.24, 2.45) is 0 Å². The first kappa shape index (κ1) is 15.5. The van der Waals surface area contributed by atoms with Gasteiger partial charge < -0.3 is 10.2 Å². The van der Waals surface area contributed by atoms with Gasteiger partial charge in [-0.3, -0.25) is 10.1 Å². The fourth-order valence-corrected chi connectivity index (χ4v) is 2.81. The summed E-state index contributed by atoms with van der Waals surface area (Å²) in [5, 5.41) is 14.5. The molecule has 0 aromatic carbocycles. The van der Waals surface area contributed by atoms with Gasteiger partial charge in [0, 0.05) is 19.6 Å². The molecule has 7 nitrogen and oxygen atoms in total. The van der Waals surface area contributed by atoms with E-state index in [-0.39, 0.29) is 10.6 Å². The molecule has 0 unspecified atom stereocenters. The van der Waals surface area contributed by atoms with Crippen LogP contribution in [0.4, 0.5) is 17.3 Å². The molecule has 1 aromatic heterocycles. The highest BCUT2D eigenvalue weighted by Crippen LogP contribution is 2.34. The van der Waals surface area contributed by atoms with Crippen molar-refractivity contribution >= 4 is 17.3 Å². The predicted octanol–water partition coefficient (Wildman–Crippen LogP) is 2.98. The quantitative estimate of drug-likeness (QED) is 0.641. The van der Waals surface area contributed by atoms with Crippen molar-refractivity contribution < 1.29 is 4.92 Å². The third kappa shape index (κ3) is 3.59. The summed E-state index contributed by atoms with van der Waals surface area (Å²) in [6, 6.07) is 0.325. The second-order valence-electron chi connectivity index (χ2n) is 5.48. The van der Waals surface area contributed by atoms with Gasteiger partial charge in [-0.1, -0.05) is 26.2 Å². The molecule has 0 radical (unpaired) electrons. The van der Waals surface area contributed by atoms with Gasteiger partial charge in [0.1, 0.15) is 6.33 Å². The average molecular weight is 293 g/mol. The van der Waals surface area contributed by atoms with E-state index in [9.17, 15) is 10.1 Å². The molecule has 1 N–H and O–H groups in total. The molecule has 0 bridgehead atoms. The van der Waals surface area contributed by atoms with Gasteiger partial charge in [0.25, 0.3) is 0 Å². The van der Waals surface area contributed by atoms with Crippen molar-refractivity contribution in [1.82, 2.24) is 9.97 Å². The lowest BCUT2D eigenvalue weighted by molar-refractivity contribution is -0.383. The van der Waals surface area contributed by atoms with Crippen molar-refractivity contribution in [2.75, 3.05) is 23.8 Å². The minimum Gasteiger partial charge on any atom is -0.364 e. The first-order chi connectivity index (χ1) is 10.1. The largest absolute Gasteiger partial charge is 0.364 e. The van der Waals surface area contributed by atoms with Crippen molar-refractivity contribution in [3.05, 3.63) is 16.4 Å². The van der Waals surface area contributed by atoms with Crippen LogP contribution in [0.5, 0.6) is 0 Å². The number of nitro groups is 1. The molecule has 0 spiro atoms. The predicted molar refractivity (Wildman–Crippen MR) is 82.7 cm³/mol. The first-order valence-electron chi connectivity index (χ1n) is 7.61. The van der Waals surface area contributed by atoms with Crippen LogP contribution in [0.15, 0.2) is 6.33 Å². The molecule has 1 saturated carbocycles. The Hall–Kier alpha value is -1.92. The fraction of sp³-hybridized carbons (Fsp3) is 0.714. The Bertz CT molecular complexity index is 488. The van der Waals surface area contributed by atoms with Crippen LogP contribution in [-0.4, -0.2) is 34.5 Å². The highest BCUT2D eigenvalue weighted by molar-refractivity contribution is 5.70. The SMILES string of the molecule is CCCNc1ncnc(N(C)C2CCCCC2)c1[N+](=O)[O-]. The second-order valence-corrected chi connectivity index (χ2v) is 5.48. The molecular weight excluding hydrogens is 270 g/mol. The average Bonchev–Trinajstić information content (AvgIpc) is 2.52. The Balaban J connectivity index is 2.30. The summed E-state index contributed by atoms with van der Waals surface area (Å²) in [5.74, 6) is 0.731. The molecule has 1 aromatic rings. The van der Waals surface area contributed by atoms with E-state index in [0.29, 0.717) is 24.2 Å². The molecule has 1 fully saturated rings. The molecule has 0 aliphatic heterocycles. The lowest BCUT2D eigenvalue weighted by atomic mass is 9.94. The third-order valence-electron chi connectivity index (χ3n) is 3.98. The number of rotatable bonds is 6. The molecule has 1 aliphatic carbocycles. The van der Waals surface area contributed by atoms with Crippen LogP contribution in [0.25, 0.3) is 0 Å². The lowest BCUT2D eigenvalue weighted by Crippen LogP contribution is -2.34. The molecule has 0 saturated heterocycles. The molecule has 0 amide bonds. The van der Waals surface area contributed by atoms with Crippen molar-refractivity contribution in [1.29, 1.82) is 0 Å². The molecule has 2 rings (SSSR count). The first-order valence-corrected chi connectivity index (χ1v) is 7.61. The molecule has 21 heavy (non-hydrogen) atoms. The Morgan fingerprint density at radius 3 is 2.71 bits per heavy atom. The molecule has 1 heterocycles. The van der Waals surface area contributed by atoms with Crippen LogP contribution in [0, 0.1) is 10.1 Å². The zero-order chi connectivity index (χ0) is 15.2. The summed E-state index contributed by atoms with van der Waals surface area (Å²) in [6.45, 7) is 2.67. The summed E-state index contributed by atoms with van der Waals surface area (Å²) in [6.07, 6.45) is 8.02. The van der Waals surface area contributed by atoms with Gasteiger partial charge in [0.05, 0.1) is 4.92 Å². The smallest absolute Gasteiger partial charge is 0.353 e. The van der Waals surface area contributed by atoms with Gasteiger partial charge in [0.2, 0.25) is 11.6 Å². The topological polar surface area (TPSA) is 84.2 Å². The number of aromatic nitrogens is 2. The fourth-order valence-electron chi connectivity index (χ4n) is 2.81. The maximum Gasteiger partial charge on any atom is 0.353 e. The minimum atomic E-state index is -0.382. The van der Waals surface area contributed by atoms with Gasteiger partial charge >= 0.3 is 5.69 Å². The van der Waals surface area contributed by atoms with E-state index in [0.717, 1.165) is 19.3 Å². The molecule has 116 valence electrons. The normalized spacial score (nSPS) is 15.7. The van der Waals surface area contributed by atoms with Gasteiger partial charge in [-0.05, 0) is 19.3 Å². The Morgan fingerprint density at radius 1 is 1.38 bits per heavy atom. The van der Waals surface area contributed by atoms with Crippen LogP contribution in [0.3, 0.4) is 0 Å². The van der Waals surface area contributed by atoms with Crippen molar-refractivity contribution in [3.63, 3.8) is 0 Å². The molecular formula is C14H23N5O2. The zero-order valence-electron chi connectivity index (χ0n) is 12.7. The van der Waals surface area contributed by atoms with Crippen LogP contribution in [-0.2, 0) is 0 Å². The summed E-state index contributed by atoms with van der Waals surface area (Å²) in [5.41, 5.74) is -0.0148. The highest BCUT2D eigenvalue weighted by Gasteiger charge is 2.29. The lowest BCUT2D eigenvalue weighted by Gasteiger charge is -2.31. The van der Waals surface area contributed by atoms with Crippen LogP contribution < -0.4 is 10.2 Å². The number of hydrogen-bond acceptors (Lipinski definition) is 6. The van der Waals surface area contributed by atoms with E-state index >= 15 is 0 Å². The summed E-state index contributed by atoms with van der Waals surface area (Å²) in [4.78, 5) is 21.2. The highest BCUT2D eigenvalue weighted by atomic mass is 16.6. The van der Waals surface area contributed by atoms with E-state index in [4.69, 9.17) is 0 Å². The summed E-state index contributed by atoms with van der Waals surface area (Å²) >= 11 is 0. The van der Waals surface area contributed by atoms with Crippen LogP contribution >= 0.6 is 0 Å². The summed E-state index contributed by atoms with van der Waals surface area (Å²) in [7, 11) is 1.90. The van der Waals surface area contributed by atoms with E-state index in [1.165, 1.54) is 25.6 Å². The maximum absolute atomic E-state index is 11.5. The zero-order valence-corrected chi connectivity index (χ0v) is 12.7. The number of nitrogens with zero attached hydrogens (tertiary/aromatic N) is 4. The standard InChI is InChI=1S/C14H23N5O2/c1-3-9-15-13-12(19(20)21)14(17-10-16-13)18(2)11-7-5-4-6-8-11/h10-11H,3-9H2,1-2H3,(H,15,16,17). The van der Waals surface area contributed by atoms with Crippen molar-refractivity contribution in [3.8, 4) is 0 Å². The van der Waals surface area contributed by atoms with Crippen LogP contribution in [0.1, 0.15) is 45.4 Å². The van der Waals surface area contributed by atoms with E-state index in [1.54, 1.807) is 0 Å². The Morgan fingerprint density at radius 2 is 2.10 bits per heavy atom. The molecule has 1 aliphatic rings. The maximum atomic E-state index is 11.5. The van der Waals surface area contributed by atoms with Crippen LogP contribution in [0.2, 0.25) is 0 Å². The minimum absolute atomic E-state index is 0.0148. The third-order valence-corrected chi connectivity index (χ3v) is 3.98. The Labute approximate surface area is 124 Å². The number of hydrogen-bond donors (Lipinski definition) is 1. The molecule has 7 heteroatoms. The number of anilines is 2. The van der Waals surface area contributed by atoms with Gasteiger partial charge in [0.15, 0.2) is 0 Å². The van der Waals surface area contributed by atoms with Crippen molar-refractivity contribution in [2.45, 2.75) is 51.5 Å². The monoisotopic (exact) mass is 293 g/mol. The number of nitrogens with one attached hydrogen (secondary N) is 1. The molecule has 0 atom stereocenters. The van der Waals surface area contributed by atoms with Gasteiger partial charge in [-0.15, -0.1) is 0 Å². The van der Waals surface area contributed by atoms with E-state index < -0.39 is 0 Å². The van der Waals surface area contributed by atoms with Gasteiger partial charge in [-0.25, -0.2) is 9.97 Å². The van der Waals surface area contributed by atoms with Gasteiger partial charge in [-0.2, -0.15) is 0 Å².